The van der Waals surface area contributed by atoms with E-state index in [-0.39, 0.29) is 5.56 Å². The average molecular weight is 286 g/mol. The Balaban J connectivity index is 2.66. The molecule has 0 aliphatic rings. The van der Waals surface area contributed by atoms with Gasteiger partial charge < -0.3 is 0 Å². The fourth-order valence-corrected chi connectivity index (χ4v) is 2.04. The van der Waals surface area contributed by atoms with Crippen LogP contribution >= 0.6 is 0 Å². The van der Waals surface area contributed by atoms with Gasteiger partial charge in [0.2, 0.25) is 0 Å². The van der Waals surface area contributed by atoms with Gasteiger partial charge >= 0.3 is 0 Å². The predicted molar refractivity (Wildman–Crippen MR) is 80.7 cm³/mol. The van der Waals surface area contributed by atoms with Crippen molar-refractivity contribution in [3.05, 3.63) is 51.3 Å². The van der Waals surface area contributed by atoms with Crippen LogP contribution < -0.4 is 16.8 Å². The summed E-state index contributed by atoms with van der Waals surface area (Å²) in [5.41, 5.74) is 5.24. The molecule has 21 heavy (non-hydrogen) atoms. The molecule has 0 aliphatic heterocycles. The number of nitrogen functional groups attached to an aromatic ring is 1. The number of carbonyl (C=O) groups excluding carboxylic acids is 1. The molecule has 0 fully saturated rings. The molecular formula is C15H18N4O2. The van der Waals surface area contributed by atoms with Gasteiger partial charge in [0.05, 0.1) is 5.69 Å². The van der Waals surface area contributed by atoms with E-state index >= 15 is 0 Å². The van der Waals surface area contributed by atoms with E-state index in [1.54, 1.807) is 6.92 Å². The van der Waals surface area contributed by atoms with Crippen molar-refractivity contribution >= 4 is 5.91 Å². The molecule has 0 unspecified atom stereocenters. The lowest BCUT2D eigenvalue weighted by Gasteiger charge is -2.10. The highest BCUT2D eigenvalue weighted by Gasteiger charge is 2.15. The van der Waals surface area contributed by atoms with Gasteiger partial charge in [0.1, 0.15) is 5.56 Å². The lowest BCUT2D eigenvalue weighted by Crippen LogP contribution is -2.37. The molecular weight excluding hydrogens is 268 g/mol. The molecule has 6 nitrogen and oxygen atoms in total. The number of aryl methyl sites for hydroxylation is 3. The largest absolute Gasteiger partial charge is 0.290 e. The van der Waals surface area contributed by atoms with Gasteiger partial charge in [0.15, 0.2) is 0 Å². The van der Waals surface area contributed by atoms with E-state index in [2.05, 4.69) is 5.10 Å². The molecule has 6 heteroatoms. The highest BCUT2D eigenvalue weighted by atomic mass is 16.2. The maximum absolute atomic E-state index is 12.1. The second-order valence-corrected chi connectivity index (χ2v) is 4.84. The van der Waals surface area contributed by atoms with Crippen LogP contribution in [0.5, 0.6) is 0 Å². The lowest BCUT2D eigenvalue weighted by atomic mass is 10.0. The normalized spacial score (nSPS) is 10.5. The number of aromatic nitrogens is 2. The summed E-state index contributed by atoms with van der Waals surface area (Å²) in [6.45, 7) is 6.19. The van der Waals surface area contributed by atoms with Crippen LogP contribution in [-0.4, -0.2) is 15.7 Å². The highest BCUT2D eigenvalue weighted by Crippen LogP contribution is 2.20. The van der Waals surface area contributed by atoms with E-state index in [1.807, 2.05) is 37.5 Å². The van der Waals surface area contributed by atoms with Gasteiger partial charge in [-0.15, -0.1) is 0 Å². The molecule has 1 aromatic carbocycles. The minimum atomic E-state index is -0.616. The molecule has 2 aromatic rings. The Morgan fingerprint density at radius 3 is 2.57 bits per heavy atom. The van der Waals surface area contributed by atoms with Crippen molar-refractivity contribution in [1.82, 2.24) is 15.2 Å². The molecule has 0 spiro atoms. The zero-order chi connectivity index (χ0) is 15.6. The zero-order valence-corrected chi connectivity index (χ0v) is 12.3. The van der Waals surface area contributed by atoms with Crippen molar-refractivity contribution in [2.45, 2.75) is 27.3 Å². The number of nitrogens with one attached hydrogen (secondary N) is 1. The first-order chi connectivity index (χ1) is 9.97. The summed E-state index contributed by atoms with van der Waals surface area (Å²) >= 11 is 0. The summed E-state index contributed by atoms with van der Waals surface area (Å²) in [5.74, 6) is 4.51. The summed E-state index contributed by atoms with van der Waals surface area (Å²) < 4.78 is 1.26. The number of hydrazine groups is 1. The van der Waals surface area contributed by atoms with Crippen LogP contribution in [0.3, 0.4) is 0 Å². The fourth-order valence-electron chi connectivity index (χ4n) is 2.04. The van der Waals surface area contributed by atoms with Crippen LogP contribution in [0.2, 0.25) is 0 Å². The maximum Gasteiger partial charge on any atom is 0.279 e. The van der Waals surface area contributed by atoms with Crippen molar-refractivity contribution in [2.24, 2.45) is 5.84 Å². The summed E-state index contributed by atoms with van der Waals surface area (Å²) in [5, 5.41) is 4.29. The molecule has 0 aliphatic carbocycles. The van der Waals surface area contributed by atoms with Gasteiger partial charge in [-0.1, -0.05) is 12.1 Å². The van der Waals surface area contributed by atoms with E-state index in [4.69, 9.17) is 5.84 Å². The second-order valence-electron chi connectivity index (χ2n) is 4.84. The molecule has 0 bridgehead atoms. The van der Waals surface area contributed by atoms with Crippen molar-refractivity contribution < 1.29 is 4.79 Å². The molecule has 1 amide bonds. The Morgan fingerprint density at radius 1 is 1.29 bits per heavy atom. The summed E-state index contributed by atoms with van der Waals surface area (Å²) in [7, 11) is 0. The molecule has 0 atom stereocenters. The van der Waals surface area contributed by atoms with Crippen LogP contribution in [0, 0.1) is 13.8 Å². The summed E-state index contributed by atoms with van der Waals surface area (Å²) in [4.78, 5) is 23.8. The Morgan fingerprint density at radius 2 is 2.00 bits per heavy atom. The van der Waals surface area contributed by atoms with Gasteiger partial charge in [0, 0.05) is 12.1 Å². The van der Waals surface area contributed by atoms with Gasteiger partial charge in [-0.2, -0.15) is 5.10 Å². The molecule has 0 saturated heterocycles. The first-order valence-corrected chi connectivity index (χ1v) is 6.68. The number of benzene rings is 1. The van der Waals surface area contributed by atoms with Gasteiger partial charge in [0.25, 0.3) is 11.5 Å². The highest BCUT2D eigenvalue weighted by molar-refractivity contribution is 5.94. The van der Waals surface area contributed by atoms with Crippen molar-refractivity contribution in [1.29, 1.82) is 0 Å². The molecule has 0 radical (unpaired) electrons. The lowest BCUT2D eigenvalue weighted by molar-refractivity contribution is 0.0951. The van der Waals surface area contributed by atoms with Gasteiger partial charge in [-0.3, -0.25) is 15.0 Å². The zero-order valence-electron chi connectivity index (χ0n) is 12.3. The maximum atomic E-state index is 12.1. The first kappa shape index (κ1) is 14.9. The van der Waals surface area contributed by atoms with E-state index in [9.17, 15) is 9.59 Å². The van der Waals surface area contributed by atoms with E-state index in [1.165, 1.54) is 16.3 Å². The Bertz CT molecular complexity index is 750. The molecule has 3 N–H and O–H groups in total. The van der Waals surface area contributed by atoms with Crippen LogP contribution in [0.15, 0.2) is 29.1 Å². The van der Waals surface area contributed by atoms with Crippen molar-refractivity contribution in [3.8, 4) is 11.3 Å². The molecule has 0 saturated carbocycles. The van der Waals surface area contributed by atoms with Gasteiger partial charge in [-0.25, -0.2) is 10.5 Å². The number of hydrogen-bond donors (Lipinski definition) is 2. The fraction of sp³-hybridized carbons (Fsp3) is 0.267. The molecule has 1 heterocycles. The number of rotatable bonds is 3. The third-order valence-corrected chi connectivity index (χ3v) is 3.45. The average Bonchev–Trinajstić information content (AvgIpc) is 2.49. The number of carbonyl (C=O) groups is 1. The Kier molecular flexibility index (Phi) is 4.18. The number of nitrogens with zero attached hydrogens (tertiary/aromatic N) is 2. The third kappa shape index (κ3) is 2.85. The van der Waals surface area contributed by atoms with Crippen molar-refractivity contribution in [3.63, 3.8) is 0 Å². The standard InChI is InChI=1S/C15H18N4O2/c1-4-19-15(21)12(14(20)17-16)8-13(18-19)11-6-5-9(2)10(3)7-11/h5-8H,4,16H2,1-3H3,(H,17,20). The summed E-state index contributed by atoms with van der Waals surface area (Å²) in [6, 6.07) is 7.35. The second kappa shape index (κ2) is 5.88. The van der Waals surface area contributed by atoms with E-state index < -0.39 is 11.5 Å². The monoisotopic (exact) mass is 286 g/mol. The van der Waals surface area contributed by atoms with E-state index in [0.717, 1.165) is 11.1 Å². The first-order valence-electron chi connectivity index (χ1n) is 6.68. The Labute approximate surface area is 122 Å². The minimum Gasteiger partial charge on any atom is -0.290 e. The third-order valence-electron chi connectivity index (χ3n) is 3.45. The van der Waals surface area contributed by atoms with Crippen LogP contribution in [0.25, 0.3) is 11.3 Å². The molecule has 1 aromatic heterocycles. The minimum absolute atomic E-state index is 0.0115. The molecule has 110 valence electrons. The summed E-state index contributed by atoms with van der Waals surface area (Å²) in [6.07, 6.45) is 0. The quantitative estimate of drug-likeness (QED) is 0.503. The van der Waals surface area contributed by atoms with Gasteiger partial charge in [-0.05, 0) is 44.0 Å². The number of hydrogen-bond acceptors (Lipinski definition) is 4. The number of nitrogens with two attached hydrogens (primary N) is 1. The van der Waals surface area contributed by atoms with Crippen LogP contribution in [0.1, 0.15) is 28.4 Å². The Hall–Kier alpha value is -2.47. The van der Waals surface area contributed by atoms with Crippen molar-refractivity contribution in [2.75, 3.05) is 0 Å². The predicted octanol–water partition coefficient (Wildman–Crippen LogP) is 1.15. The SMILES string of the molecule is CCn1nc(-c2ccc(C)c(C)c2)cc(C(=O)NN)c1=O. The molecule has 2 rings (SSSR count). The van der Waals surface area contributed by atoms with Crippen LogP contribution in [0.4, 0.5) is 0 Å². The smallest absolute Gasteiger partial charge is 0.279 e. The topological polar surface area (TPSA) is 90.0 Å². The number of amides is 1. The van der Waals surface area contributed by atoms with E-state index in [0.29, 0.717) is 12.2 Å². The van der Waals surface area contributed by atoms with Crippen LogP contribution in [-0.2, 0) is 6.54 Å².